The Morgan fingerprint density at radius 3 is 2.80 bits per heavy atom. The van der Waals surface area contributed by atoms with Crippen molar-refractivity contribution < 1.29 is 4.39 Å². The lowest BCUT2D eigenvalue weighted by Gasteiger charge is -2.12. The fourth-order valence-electron chi connectivity index (χ4n) is 2.41. The summed E-state index contributed by atoms with van der Waals surface area (Å²) >= 11 is 5.76. The van der Waals surface area contributed by atoms with Gasteiger partial charge in [0.05, 0.1) is 16.1 Å². The lowest BCUT2D eigenvalue weighted by molar-refractivity contribution is 0.556. The summed E-state index contributed by atoms with van der Waals surface area (Å²) in [5.41, 5.74) is -0.116. The van der Waals surface area contributed by atoms with Crippen molar-refractivity contribution in [3.05, 3.63) is 61.9 Å². The maximum atomic E-state index is 13.7. The summed E-state index contributed by atoms with van der Waals surface area (Å²) < 4.78 is 15.2. The quantitative estimate of drug-likeness (QED) is 0.742. The van der Waals surface area contributed by atoms with Crippen molar-refractivity contribution in [2.45, 2.75) is 26.4 Å². The summed E-state index contributed by atoms with van der Waals surface area (Å²) in [6.07, 6.45) is 2.82. The first-order chi connectivity index (χ1) is 11.9. The maximum absolute atomic E-state index is 13.7. The molecule has 3 rings (SSSR count). The van der Waals surface area contributed by atoms with Crippen molar-refractivity contribution in [3.8, 4) is 0 Å². The molecule has 7 nitrogen and oxygen atoms in total. The summed E-state index contributed by atoms with van der Waals surface area (Å²) in [4.78, 5) is 34.2. The first-order valence-electron chi connectivity index (χ1n) is 7.55. The van der Waals surface area contributed by atoms with E-state index in [-0.39, 0.29) is 17.6 Å². The van der Waals surface area contributed by atoms with Crippen LogP contribution < -0.4 is 16.6 Å². The van der Waals surface area contributed by atoms with E-state index in [1.165, 1.54) is 29.2 Å². The molecule has 1 aromatic carbocycles. The molecule has 0 atom stereocenters. The van der Waals surface area contributed by atoms with E-state index >= 15 is 0 Å². The van der Waals surface area contributed by atoms with Gasteiger partial charge in [-0.05, 0) is 26.0 Å². The number of aromatic amines is 1. The summed E-state index contributed by atoms with van der Waals surface area (Å²) in [6.45, 7) is 3.78. The van der Waals surface area contributed by atoms with E-state index in [1.807, 2.05) is 13.8 Å². The lowest BCUT2D eigenvalue weighted by atomic mass is 10.2. The number of hydrogen-bond donors (Lipinski definition) is 2. The van der Waals surface area contributed by atoms with Crippen LogP contribution in [0.2, 0.25) is 5.02 Å². The third kappa shape index (κ3) is 3.39. The van der Waals surface area contributed by atoms with Gasteiger partial charge in [0.2, 0.25) is 0 Å². The van der Waals surface area contributed by atoms with Gasteiger partial charge in [-0.15, -0.1) is 0 Å². The van der Waals surface area contributed by atoms with Crippen molar-refractivity contribution in [3.63, 3.8) is 0 Å². The Balaban J connectivity index is 1.96. The number of nitrogens with one attached hydrogen (secondary N) is 2. The van der Waals surface area contributed by atoms with Crippen molar-refractivity contribution in [1.29, 1.82) is 0 Å². The molecule has 0 aliphatic rings. The van der Waals surface area contributed by atoms with Gasteiger partial charge in [-0.2, -0.15) is 0 Å². The lowest BCUT2D eigenvalue weighted by Crippen LogP contribution is -2.33. The van der Waals surface area contributed by atoms with Gasteiger partial charge in [-0.25, -0.2) is 19.2 Å². The average Bonchev–Trinajstić information content (AvgIpc) is 2.55. The monoisotopic (exact) mass is 363 g/mol. The van der Waals surface area contributed by atoms with E-state index in [2.05, 4.69) is 20.3 Å². The SMILES string of the molecule is CC(C)n1cc(CNc2ncnc3cc(Cl)c(F)cc23)c(=O)[nH]c1=O. The second-order valence-electron chi connectivity index (χ2n) is 5.77. The molecule has 3 aromatic rings. The van der Waals surface area contributed by atoms with Crippen LogP contribution in [0.25, 0.3) is 10.9 Å². The molecule has 0 saturated carbocycles. The van der Waals surface area contributed by atoms with Crippen LogP contribution in [0, 0.1) is 5.82 Å². The molecule has 0 radical (unpaired) electrons. The van der Waals surface area contributed by atoms with Crippen LogP contribution in [0.4, 0.5) is 10.2 Å². The number of H-pyrrole nitrogens is 1. The Kier molecular flexibility index (Phi) is 4.54. The largest absolute Gasteiger partial charge is 0.365 e. The minimum Gasteiger partial charge on any atom is -0.365 e. The Morgan fingerprint density at radius 2 is 2.08 bits per heavy atom. The number of anilines is 1. The third-order valence-corrected chi connectivity index (χ3v) is 4.01. The van der Waals surface area contributed by atoms with Crippen LogP contribution in [0.5, 0.6) is 0 Å². The number of aromatic nitrogens is 4. The smallest absolute Gasteiger partial charge is 0.328 e. The molecule has 0 saturated heterocycles. The first-order valence-corrected chi connectivity index (χ1v) is 7.92. The maximum Gasteiger partial charge on any atom is 0.328 e. The van der Waals surface area contributed by atoms with Gasteiger partial charge in [-0.1, -0.05) is 11.6 Å². The van der Waals surface area contributed by atoms with E-state index in [0.29, 0.717) is 22.3 Å². The van der Waals surface area contributed by atoms with Crippen LogP contribution in [0.15, 0.2) is 34.2 Å². The van der Waals surface area contributed by atoms with Gasteiger partial charge in [0.1, 0.15) is 18.0 Å². The zero-order chi connectivity index (χ0) is 18.1. The highest BCUT2D eigenvalue weighted by Crippen LogP contribution is 2.25. The van der Waals surface area contributed by atoms with Gasteiger partial charge in [0.25, 0.3) is 5.56 Å². The summed E-state index contributed by atoms with van der Waals surface area (Å²) in [5, 5.41) is 3.39. The van der Waals surface area contributed by atoms with Crippen LogP contribution in [0.3, 0.4) is 0 Å². The van der Waals surface area contributed by atoms with Gasteiger partial charge in [0, 0.05) is 24.2 Å². The van der Waals surface area contributed by atoms with Gasteiger partial charge >= 0.3 is 5.69 Å². The average molecular weight is 364 g/mol. The number of rotatable bonds is 4. The van der Waals surface area contributed by atoms with E-state index in [1.54, 1.807) is 0 Å². The fourth-order valence-corrected chi connectivity index (χ4v) is 2.57. The van der Waals surface area contributed by atoms with E-state index in [0.717, 1.165) is 0 Å². The molecule has 0 amide bonds. The number of benzene rings is 1. The molecule has 0 unspecified atom stereocenters. The molecule has 0 spiro atoms. The van der Waals surface area contributed by atoms with Gasteiger partial charge in [0.15, 0.2) is 0 Å². The molecule has 0 fully saturated rings. The highest BCUT2D eigenvalue weighted by Gasteiger charge is 2.11. The number of nitrogens with zero attached hydrogens (tertiary/aromatic N) is 3. The Labute approximate surface area is 146 Å². The predicted octanol–water partition coefficient (Wildman–Crippen LogP) is 2.47. The van der Waals surface area contributed by atoms with Crippen molar-refractivity contribution in [2.24, 2.45) is 0 Å². The normalized spacial score (nSPS) is 11.2. The minimum absolute atomic E-state index is 0.0300. The van der Waals surface area contributed by atoms with Gasteiger partial charge < -0.3 is 5.32 Å². The Hall–Kier alpha value is -2.74. The standard InChI is InChI=1S/C16H15ClFN5O2/c1-8(2)23-6-9(15(24)22-16(23)25)5-19-14-10-3-12(18)11(17)4-13(10)20-7-21-14/h3-4,6-8H,5H2,1-2H3,(H,19,20,21)(H,22,24,25). The van der Waals surface area contributed by atoms with E-state index in [4.69, 9.17) is 11.6 Å². The highest BCUT2D eigenvalue weighted by molar-refractivity contribution is 6.31. The molecule has 9 heteroatoms. The van der Waals surface area contributed by atoms with E-state index in [9.17, 15) is 14.0 Å². The zero-order valence-electron chi connectivity index (χ0n) is 13.5. The predicted molar refractivity (Wildman–Crippen MR) is 93.5 cm³/mol. The van der Waals surface area contributed by atoms with Crippen LogP contribution >= 0.6 is 11.6 Å². The molecule has 2 N–H and O–H groups in total. The van der Waals surface area contributed by atoms with E-state index < -0.39 is 17.1 Å². The zero-order valence-corrected chi connectivity index (χ0v) is 14.3. The highest BCUT2D eigenvalue weighted by atomic mass is 35.5. The molecule has 0 bridgehead atoms. The molecular weight excluding hydrogens is 349 g/mol. The summed E-state index contributed by atoms with van der Waals surface area (Å²) in [6, 6.07) is 2.55. The summed E-state index contributed by atoms with van der Waals surface area (Å²) in [7, 11) is 0. The summed E-state index contributed by atoms with van der Waals surface area (Å²) in [5.74, 6) is -0.222. The second kappa shape index (κ2) is 6.64. The molecule has 0 aliphatic heterocycles. The molecule has 130 valence electrons. The Morgan fingerprint density at radius 1 is 1.32 bits per heavy atom. The second-order valence-corrected chi connectivity index (χ2v) is 6.18. The molecular formula is C16H15ClFN5O2. The topological polar surface area (TPSA) is 92.7 Å². The minimum atomic E-state index is -0.585. The number of fused-ring (bicyclic) bond motifs is 1. The number of hydrogen-bond acceptors (Lipinski definition) is 5. The van der Waals surface area contributed by atoms with Crippen LogP contribution in [0.1, 0.15) is 25.5 Å². The van der Waals surface area contributed by atoms with Crippen LogP contribution in [-0.2, 0) is 6.54 Å². The first kappa shape index (κ1) is 17.1. The van der Waals surface area contributed by atoms with Crippen molar-refractivity contribution in [2.75, 3.05) is 5.32 Å². The van der Waals surface area contributed by atoms with Crippen LogP contribution in [-0.4, -0.2) is 19.5 Å². The molecule has 2 heterocycles. The molecule has 0 aliphatic carbocycles. The Bertz CT molecular complexity index is 1060. The van der Waals surface area contributed by atoms with Crippen molar-refractivity contribution in [1.82, 2.24) is 19.5 Å². The third-order valence-electron chi connectivity index (χ3n) is 3.72. The van der Waals surface area contributed by atoms with Gasteiger partial charge in [-0.3, -0.25) is 14.3 Å². The molecule has 25 heavy (non-hydrogen) atoms. The number of halogens is 2. The van der Waals surface area contributed by atoms with Crippen molar-refractivity contribution >= 4 is 28.3 Å². The molecule has 2 aromatic heterocycles. The fraction of sp³-hybridized carbons (Fsp3) is 0.250.